The molecule has 1 aromatic carbocycles. The molecule has 1 heterocycles. The Balaban J connectivity index is 2.30. The average molecular weight is 287 g/mol. The van der Waals surface area contributed by atoms with Gasteiger partial charge in [0.25, 0.3) is 0 Å². The van der Waals surface area contributed by atoms with Crippen molar-refractivity contribution in [2.45, 2.75) is 6.42 Å². The molecule has 1 amide bonds. The van der Waals surface area contributed by atoms with Crippen LogP contribution in [0.5, 0.6) is 0 Å². The second-order valence-corrected chi connectivity index (χ2v) is 5.09. The molecule has 0 saturated heterocycles. The lowest BCUT2D eigenvalue weighted by molar-refractivity contribution is -0.117. The van der Waals surface area contributed by atoms with Crippen molar-refractivity contribution in [2.24, 2.45) is 5.73 Å². The monoisotopic (exact) mass is 286 g/mol. The van der Waals surface area contributed by atoms with Gasteiger partial charge in [-0.2, -0.15) is 0 Å². The molecule has 0 aliphatic carbocycles. The summed E-state index contributed by atoms with van der Waals surface area (Å²) < 4.78 is 0. The largest absolute Gasteiger partial charge is 0.369 e. The van der Waals surface area contributed by atoms with Crippen molar-refractivity contribution in [3.8, 4) is 10.6 Å². The Hall–Kier alpha value is -1.10. The van der Waals surface area contributed by atoms with Crippen LogP contribution in [0.1, 0.15) is 5.69 Å². The number of hydrogen-bond acceptors (Lipinski definition) is 3. The van der Waals surface area contributed by atoms with Crippen LogP contribution >= 0.6 is 34.5 Å². The van der Waals surface area contributed by atoms with E-state index in [4.69, 9.17) is 28.9 Å². The van der Waals surface area contributed by atoms with E-state index in [1.807, 2.05) is 11.4 Å². The minimum Gasteiger partial charge on any atom is -0.369 e. The first-order valence-electron chi connectivity index (χ1n) is 4.74. The molecular formula is C11H8Cl2N2OS. The van der Waals surface area contributed by atoms with Gasteiger partial charge in [0.2, 0.25) is 5.91 Å². The highest BCUT2D eigenvalue weighted by Crippen LogP contribution is 2.30. The first-order chi connectivity index (χ1) is 8.06. The molecule has 0 radical (unpaired) electrons. The van der Waals surface area contributed by atoms with Crippen LogP contribution in [0.4, 0.5) is 0 Å². The standard InChI is InChI=1S/C11H8Cl2N2OS/c12-8-2-1-6(3-9(8)13)11-15-7(5-17-11)4-10(14)16/h1-3,5H,4H2,(H2,14,16). The normalized spacial score (nSPS) is 10.5. The maximum Gasteiger partial charge on any atom is 0.223 e. The van der Waals surface area contributed by atoms with E-state index in [1.54, 1.807) is 12.1 Å². The predicted octanol–water partition coefficient (Wildman–Crippen LogP) is 3.14. The molecule has 0 aliphatic rings. The highest BCUT2D eigenvalue weighted by molar-refractivity contribution is 7.13. The zero-order valence-corrected chi connectivity index (χ0v) is 10.9. The Morgan fingerprint density at radius 2 is 2.12 bits per heavy atom. The first kappa shape index (κ1) is 12.4. The van der Waals surface area contributed by atoms with E-state index in [0.717, 1.165) is 10.6 Å². The molecule has 1 aromatic heterocycles. The molecule has 88 valence electrons. The van der Waals surface area contributed by atoms with Crippen LogP contribution in [0.25, 0.3) is 10.6 Å². The summed E-state index contributed by atoms with van der Waals surface area (Å²) in [6.45, 7) is 0. The lowest BCUT2D eigenvalue weighted by Gasteiger charge is -1.99. The van der Waals surface area contributed by atoms with E-state index >= 15 is 0 Å². The minimum absolute atomic E-state index is 0.151. The quantitative estimate of drug-likeness (QED) is 0.942. The van der Waals surface area contributed by atoms with Crippen molar-refractivity contribution in [1.82, 2.24) is 4.98 Å². The summed E-state index contributed by atoms with van der Waals surface area (Å²) in [5.41, 5.74) is 6.65. The van der Waals surface area contributed by atoms with Crippen LogP contribution < -0.4 is 5.73 Å². The fourth-order valence-corrected chi connectivity index (χ4v) is 2.44. The number of rotatable bonds is 3. The predicted molar refractivity (Wildman–Crippen MR) is 70.5 cm³/mol. The Kier molecular flexibility index (Phi) is 3.66. The number of carbonyl (C=O) groups excluding carboxylic acids is 1. The summed E-state index contributed by atoms with van der Waals surface area (Å²) >= 11 is 13.2. The molecule has 17 heavy (non-hydrogen) atoms. The van der Waals surface area contributed by atoms with Crippen molar-refractivity contribution in [2.75, 3.05) is 0 Å². The van der Waals surface area contributed by atoms with Gasteiger partial charge in [0, 0.05) is 10.9 Å². The molecule has 0 atom stereocenters. The summed E-state index contributed by atoms with van der Waals surface area (Å²) in [4.78, 5) is 15.1. The van der Waals surface area contributed by atoms with Gasteiger partial charge in [0.05, 0.1) is 22.2 Å². The molecule has 2 rings (SSSR count). The number of carbonyl (C=O) groups is 1. The Morgan fingerprint density at radius 1 is 1.35 bits per heavy atom. The van der Waals surface area contributed by atoms with Gasteiger partial charge in [0.15, 0.2) is 0 Å². The molecule has 2 N–H and O–H groups in total. The van der Waals surface area contributed by atoms with E-state index in [0.29, 0.717) is 15.7 Å². The fourth-order valence-electron chi connectivity index (χ4n) is 1.33. The molecule has 2 aromatic rings. The van der Waals surface area contributed by atoms with Crippen LogP contribution in [0.15, 0.2) is 23.6 Å². The van der Waals surface area contributed by atoms with E-state index in [-0.39, 0.29) is 6.42 Å². The van der Waals surface area contributed by atoms with Gasteiger partial charge in [-0.15, -0.1) is 11.3 Å². The second kappa shape index (κ2) is 5.04. The van der Waals surface area contributed by atoms with Crippen LogP contribution in [-0.2, 0) is 11.2 Å². The SMILES string of the molecule is NC(=O)Cc1csc(-c2ccc(Cl)c(Cl)c2)n1. The van der Waals surface area contributed by atoms with E-state index in [2.05, 4.69) is 4.98 Å². The summed E-state index contributed by atoms with van der Waals surface area (Å²) in [5, 5.41) is 3.59. The van der Waals surface area contributed by atoms with Gasteiger partial charge >= 0.3 is 0 Å². The number of amides is 1. The number of nitrogens with two attached hydrogens (primary N) is 1. The highest BCUT2D eigenvalue weighted by Gasteiger charge is 2.08. The van der Waals surface area contributed by atoms with Crippen molar-refractivity contribution in [3.05, 3.63) is 39.3 Å². The van der Waals surface area contributed by atoms with Gasteiger partial charge in [-0.3, -0.25) is 4.79 Å². The number of aromatic nitrogens is 1. The second-order valence-electron chi connectivity index (χ2n) is 3.42. The molecular weight excluding hydrogens is 279 g/mol. The van der Waals surface area contributed by atoms with Crippen molar-refractivity contribution < 1.29 is 4.79 Å². The number of benzene rings is 1. The minimum atomic E-state index is -0.393. The number of hydrogen-bond donors (Lipinski definition) is 1. The number of primary amides is 1. The van der Waals surface area contributed by atoms with Gasteiger partial charge in [-0.25, -0.2) is 4.98 Å². The fraction of sp³-hybridized carbons (Fsp3) is 0.0909. The molecule has 6 heteroatoms. The molecule has 3 nitrogen and oxygen atoms in total. The molecule has 0 saturated carbocycles. The van der Waals surface area contributed by atoms with Crippen LogP contribution in [0, 0.1) is 0 Å². The van der Waals surface area contributed by atoms with Gasteiger partial charge in [0.1, 0.15) is 5.01 Å². The lowest BCUT2D eigenvalue weighted by atomic mass is 10.2. The molecule has 0 spiro atoms. The van der Waals surface area contributed by atoms with Crippen molar-refractivity contribution in [3.63, 3.8) is 0 Å². The summed E-state index contributed by atoms with van der Waals surface area (Å²) in [6.07, 6.45) is 0.151. The molecule has 0 unspecified atom stereocenters. The average Bonchev–Trinajstić information content (AvgIpc) is 2.69. The number of nitrogens with zero attached hydrogens (tertiary/aromatic N) is 1. The lowest BCUT2D eigenvalue weighted by Crippen LogP contribution is -2.13. The van der Waals surface area contributed by atoms with E-state index in [1.165, 1.54) is 11.3 Å². The number of thiazole rings is 1. The maximum absolute atomic E-state index is 10.8. The Labute approximate surface area is 112 Å². The third kappa shape index (κ3) is 2.97. The third-order valence-corrected chi connectivity index (χ3v) is 3.75. The third-order valence-electron chi connectivity index (χ3n) is 2.07. The molecule has 0 aliphatic heterocycles. The first-order valence-corrected chi connectivity index (χ1v) is 6.38. The zero-order valence-electron chi connectivity index (χ0n) is 8.61. The van der Waals surface area contributed by atoms with Crippen LogP contribution in [-0.4, -0.2) is 10.9 Å². The zero-order chi connectivity index (χ0) is 12.4. The van der Waals surface area contributed by atoms with Crippen molar-refractivity contribution in [1.29, 1.82) is 0 Å². The molecule has 0 fully saturated rings. The Bertz CT molecular complexity index is 568. The van der Waals surface area contributed by atoms with Crippen LogP contribution in [0.3, 0.4) is 0 Å². The highest BCUT2D eigenvalue weighted by atomic mass is 35.5. The Morgan fingerprint density at radius 3 is 2.76 bits per heavy atom. The van der Waals surface area contributed by atoms with E-state index < -0.39 is 5.91 Å². The summed E-state index contributed by atoms with van der Waals surface area (Å²) in [7, 11) is 0. The van der Waals surface area contributed by atoms with Gasteiger partial charge < -0.3 is 5.73 Å². The summed E-state index contributed by atoms with van der Waals surface area (Å²) in [5.74, 6) is -0.393. The topological polar surface area (TPSA) is 56.0 Å². The van der Waals surface area contributed by atoms with Gasteiger partial charge in [-0.1, -0.05) is 29.3 Å². The smallest absolute Gasteiger partial charge is 0.223 e. The van der Waals surface area contributed by atoms with Crippen LogP contribution in [0.2, 0.25) is 10.0 Å². The number of halogens is 2. The summed E-state index contributed by atoms with van der Waals surface area (Å²) in [6, 6.07) is 5.30. The van der Waals surface area contributed by atoms with E-state index in [9.17, 15) is 4.79 Å². The van der Waals surface area contributed by atoms with Gasteiger partial charge in [-0.05, 0) is 12.1 Å². The molecule has 0 bridgehead atoms. The van der Waals surface area contributed by atoms with Crippen molar-refractivity contribution >= 4 is 40.4 Å². The maximum atomic E-state index is 10.8.